The molecule has 0 aromatic carbocycles. The number of rotatable bonds is 13. The lowest BCUT2D eigenvalue weighted by atomic mass is 9.93. The largest absolute Gasteiger partial charge is 0.370 e. The molecule has 3 atom stereocenters. The highest BCUT2D eigenvalue weighted by molar-refractivity contribution is 7.80. The van der Waals surface area contributed by atoms with Crippen molar-refractivity contribution >= 4 is 42.6 Å². The SMILES string of the molecule is C[C@H](NC(=O)[C@H](C)N(C(=O)CCS)C1CCCCC1)C(=O)N[C@H](C=O)CCCN=C(N)N. The summed E-state index contributed by atoms with van der Waals surface area (Å²) in [5, 5.41) is 5.28. The molecule has 182 valence electrons. The highest BCUT2D eigenvalue weighted by Gasteiger charge is 2.33. The lowest BCUT2D eigenvalue weighted by Crippen LogP contribution is -2.56. The van der Waals surface area contributed by atoms with Crippen LogP contribution in [-0.2, 0) is 19.2 Å². The number of aldehydes is 1. The number of nitrogens with two attached hydrogens (primary N) is 2. The molecule has 11 heteroatoms. The first-order valence-corrected chi connectivity index (χ1v) is 11.9. The van der Waals surface area contributed by atoms with E-state index in [9.17, 15) is 19.2 Å². The van der Waals surface area contributed by atoms with Crippen molar-refractivity contribution in [2.24, 2.45) is 16.5 Å². The molecule has 0 saturated heterocycles. The minimum Gasteiger partial charge on any atom is -0.370 e. The van der Waals surface area contributed by atoms with Gasteiger partial charge in [-0.15, -0.1) is 0 Å². The fraction of sp³-hybridized carbons (Fsp3) is 0.762. The van der Waals surface area contributed by atoms with Gasteiger partial charge in [0, 0.05) is 19.0 Å². The lowest BCUT2D eigenvalue weighted by molar-refractivity contribution is -0.143. The van der Waals surface area contributed by atoms with Crippen LogP contribution in [0.15, 0.2) is 4.99 Å². The Balaban J connectivity index is 2.67. The van der Waals surface area contributed by atoms with Crippen molar-refractivity contribution in [3.63, 3.8) is 0 Å². The smallest absolute Gasteiger partial charge is 0.243 e. The molecule has 32 heavy (non-hydrogen) atoms. The third kappa shape index (κ3) is 9.46. The Hall–Kier alpha value is -2.30. The second kappa shape index (κ2) is 14.7. The topological polar surface area (TPSA) is 160 Å². The molecule has 1 aliphatic rings. The van der Waals surface area contributed by atoms with E-state index in [1.165, 1.54) is 0 Å². The molecule has 1 saturated carbocycles. The average molecular weight is 471 g/mol. The van der Waals surface area contributed by atoms with E-state index in [1.54, 1.807) is 18.7 Å². The van der Waals surface area contributed by atoms with Gasteiger partial charge in [-0.2, -0.15) is 12.6 Å². The summed E-state index contributed by atoms with van der Waals surface area (Å²) in [7, 11) is 0. The highest BCUT2D eigenvalue weighted by Crippen LogP contribution is 2.25. The number of carbonyl (C=O) groups excluding carboxylic acids is 4. The van der Waals surface area contributed by atoms with Crippen molar-refractivity contribution in [1.82, 2.24) is 15.5 Å². The van der Waals surface area contributed by atoms with E-state index < -0.39 is 29.9 Å². The predicted octanol–water partition coefficient (Wildman–Crippen LogP) is 0.0981. The van der Waals surface area contributed by atoms with Crippen molar-refractivity contribution in [3.05, 3.63) is 0 Å². The van der Waals surface area contributed by atoms with Crippen molar-refractivity contribution in [2.45, 2.75) is 89.4 Å². The Bertz CT molecular complexity index is 665. The first-order chi connectivity index (χ1) is 15.2. The van der Waals surface area contributed by atoms with E-state index in [2.05, 4.69) is 28.3 Å². The number of carbonyl (C=O) groups is 4. The highest BCUT2D eigenvalue weighted by atomic mass is 32.1. The Morgan fingerprint density at radius 1 is 1.12 bits per heavy atom. The summed E-state index contributed by atoms with van der Waals surface area (Å²) in [6.07, 6.45) is 6.71. The van der Waals surface area contributed by atoms with Gasteiger partial charge in [-0.25, -0.2) is 0 Å². The normalized spacial score (nSPS) is 16.8. The third-order valence-electron chi connectivity index (χ3n) is 5.59. The molecule has 0 aliphatic heterocycles. The number of guanidine groups is 1. The number of aliphatic imine (C=N–C) groups is 1. The van der Waals surface area contributed by atoms with Crippen LogP contribution in [0.25, 0.3) is 0 Å². The van der Waals surface area contributed by atoms with Gasteiger partial charge in [0.25, 0.3) is 0 Å². The molecule has 6 N–H and O–H groups in total. The van der Waals surface area contributed by atoms with E-state index in [0.717, 1.165) is 32.1 Å². The van der Waals surface area contributed by atoms with E-state index in [1.807, 2.05) is 0 Å². The standard InChI is InChI=1S/C21H38N6O4S/c1-14(19(30)26-16(13-28)7-6-11-24-21(22)23)25-20(31)15(2)27(18(29)10-12-32)17-8-4-3-5-9-17/h13-17,32H,3-12H2,1-2H3,(H,25,31)(H,26,30)(H4,22,23,24)/t14-,15-,16-/m0/s1. The molecule has 0 heterocycles. The Morgan fingerprint density at radius 2 is 1.78 bits per heavy atom. The number of hydrogen-bond donors (Lipinski definition) is 5. The first-order valence-electron chi connectivity index (χ1n) is 11.2. The van der Waals surface area contributed by atoms with Crippen molar-refractivity contribution in [2.75, 3.05) is 12.3 Å². The molecule has 1 aliphatic carbocycles. The van der Waals surface area contributed by atoms with E-state index >= 15 is 0 Å². The van der Waals surface area contributed by atoms with Crippen LogP contribution in [0.3, 0.4) is 0 Å². The number of hydrogen-bond acceptors (Lipinski definition) is 6. The number of thiol groups is 1. The summed E-state index contributed by atoms with van der Waals surface area (Å²) in [6, 6.07) is -2.25. The molecule has 1 rings (SSSR count). The van der Waals surface area contributed by atoms with Gasteiger partial charge in [0.05, 0.1) is 6.04 Å². The van der Waals surface area contributed by atoms with Gasteiger partial charge in [-0.05, 0) is 45.3 Å². The number of nitrogens with zero attached hydrogens (tertiary/aromatic N) is 2. The minimum atomic E-state index is -0.863. The molecule has 3 amide bonds. The minimum absolute atomic E-state index is 0.0191. The van der Waals surface area contributed by atoms with Crippen molar-refractivity contribution in [1.29, 1.82) is 0 Å². The van der Waals surface area contributed by atoms with Crippen LogP contribution in [-0.4, -0.2) is 71.3 Å². The number of amides is 3. The quantitative estimate of drug-likeness (QED) is 0.0843. The summed E-state index contributed by atoms with van der Waals surface area (Å²) in [4.78, 5) is 54.8. The fourth-order valence-electron chi connectivity index (χ4n) is 3.85. The van der Waals surface area contributed by atoms with E-state index in [4.69, 9.17) is 11.5 Å². The van der Waals surface area contributed by atoms with Gasteiger partial charge in [0.15, 0.2) is 5.96 Å². The van der Waals surface area contributed by atoms with E-state index in [-0.39, 0.29) is 24.3 Å². The number of nitrogens with one attached hydrogen (secondary N) is 2. The Labute approximate surface area is 195 Å². The second-order valence-electron chi connectivity index (χ2n) is 8.17. The van der Waals surface area contributed by atoms with Crippen LogP contribution in [0.1, 0.15) is 65.2 Å². The van der Waals surface area contributed by atoms with Gasteiger partial charge < -0.3 is 31.8 Å². The second-order valence-corrected chi connectivity index (χ2v) is 8.62. The van der Waals surface area contributed by atoms with Crippen LogP contribution >= 0.6 is 12.6 Å². The maximum atomic E-state index is 12.9. The molecule has 0 aromatic heterocycles. The predicted molar refractivity (Wildman–Crippen MR) is 127 cm³/mol. The van der Waals surface area contributed by atoms with Gasteiger partial charge in [-0.3, -0.25) is 19.4 Å². The Morgan fingerprint density at radius 3 is 2.34 bits per heavy atom. The molecule has 0 radical (unpaired) electrons. The molecule has 1 fully saturated rings. The molecule has 0 spiro atoms. The molecular weight excluding hydrogens is 432 g/mol. The molecule has 10 nitrogen and oxygen atoms in total. The van der Waals surface area contributed by atoms with Crippen LogP contribution in [0.2, 0.25) is 0 Å². The summed E-state index contributed by atoms with van der Waals surface area (Å²) in [5.41, 5.74) is 10.5. The average Bonchev–Trinajstić information content (AvgIpc) is 2.76. The monoisotopic (exact) mass is 470 g/mol. The van der Waals surface area contributed by atoms with Crippen molar-refractivity contribution in [3.8, 4) is 0 Å². The molecule has 0 aromatic rings. The molecule has 0 unspecified atom stereocenters. The zero-order chi connectivity index (χ0) is 24.1. The summed E-state index contributed by atoms with van der Waals surface area (Å²) >= 11 is 4.15. The van der Waals surface area contributed by atoms with Crippen LogP contribution < -0.4 is 22.1 Å². The van der Waals surface area contributed by atoms with Crippen LogP contribution in [0, 0.1) is 0 Å². The van der Waals surface area contributed by atoms with Gasteiger partial charge in [0.1, 0.15) is 18.4 Å². The summed E-state index contributed by atoms with van der Waals surface area (Å²) in [6.45, 7) is 3.58. The van der Waals surface area contributed by atoms with Gasteiger partial charge in [-0.1, -0.05) is 19.3 Å². The van der Waals surface area contributed by atoms with Gasteiger partial charge >= 0.3 is 0 Å². The van der Waals surface area contributed by atoms with E-state index in [0.29, 0.717) is 31.4 Å². The zero-order valence-electron chi connectivity index (χ0n) is 19.1. The summed E-state index contributed by atoms with van der Waals surface area (Å²) < 4.78 is 0. The maximum absolute atomic E-state index is 12.9. The van der Waals surface area contributed by atoms with Crippen LogP contribution in [0.5, 0.6) is 0 Å². The maximum Gasteiger partial charge on any atom is 0.243 e. The van der Waals surface area contributed by atoms with Crippen molar-refractivity contribution < 1.29 is 19.2 Å². The Kier molecular flexibility index (Phi) is 12.7. The fourth-order valence-corrected chi connectivity index (χ4v) is 4.04. The molecular formula is C21H38N6O4S. The van der Waals surface area contributed by atoms with Gasteiger partial charge in [0.2, 0.25) is 17.7 Å². The first kappa shape index (κ1) is 27.7. The third-order valence-corrected chi connectivity index (χ3v) is 5.81. The lowest BCUT2D eigenvalue weighted by Gasteiger charge is -2.38. The summed E-state index contributed by atoms with van der Waals surface area (Å²) in [5.74, 6) is -0.604. The zero-order valence-corrected chi connectivity index (χ0v) is 20.0. The van der Waals surface area contributed by atoms with Crippen LogP contribution in [0.4, 0.5) is 0 Å². The molecule has 0 bridgehead atoms.